The van der Waals surface area contributed by atoms with E-state index in [0.29, 0.717) is 22.2 Å². The molecule has 0 saturated carbocycles. The van der Waals surface area contributed by atoms with Crippen molar-refractivity contribution < 1.29 is 8.95 Å². The summed E-state index contributed by atoms with van der Waals surface area (Å²) in [4.78, 5) is 0.564. The van der Waals surface area contributed by atoms with Crippen LogP contribution in [0.1, 0.15) is 6.92 Å². The van der Waals surface area contributed by atoms with Gasteiger partial charge in [-0.05, 0) is 25.1 Å². The van der Waals surface area contributed by atoms with E-state index in [1.54, 1.807) is 18.2 Å². The molecular formula is C9H12ClNO2S. The number of nitrogens with two attached hydrogens (primary N) is 1. The van der Waals surface area contributed by atoms with Crippen molar-refractivity contribution in [3.63, 3.8) is 0 Å². The fourth-order valence-corrected chi connectivity index (χ4v) is 2.31. The Labute approximate surface area is 90.7 Å². The van der Waals surface area contributed by atoms with Crippen LogP contribution in [0.3, 0.4) is 0 Å². The first-order valence-corrected chi connectivity index (χ1v) is 5.86. The van der Waals surface area contributed by atoms with E-state index < -0.39 is 10.8 Å². The van der Waals surface area contributed by atoms with Crippen molar-refractivity contribution in [2.75, 3.05) is 18.3 Å². The van der Waals surface area contributed by atoms with Crippen molar-refractivity contribution in [3.8, 4) is 0 Å². The first-order chi connectivity index (χ1) is 6.65. The molecule has 0 aliphatic heterocycles. The smallest absolute Gasteiger partial charge is 0.126 e. The van der Waals surface area contributed by atoms with Crippen molar-refractivity contribution >= 4 is 28.1 Å². The van der Waals surface area contributed by atoms with Crippen molar-refractivity contribution in [3.05, 3.63) is 23.2 Å². The molecule has 0 fully saturated rings. The van der Waals surface area contributed by atoms with Gasteiger partial charge in [-0.2, -0.15) is 0 Å². The summed E-state index contributed by atoms with van der Waals surface area (Å²) in [5, 5.41) is 0.419. The van der Waals surface area contributed by atoms with Crippen molar-refractivity contribution in [2.24, 2.45) is 0 Å². The van der Waals surface area contributed by atoms with E-state index in [2.05, 4.69) is 0 Å². The molecule has 78 valence electrons. The Bertz CT molecular complexity index is 344. The number of rotatable bonds is 4. The molecule has 0 heterocycles. The molecule has 5 heteroatoms. The Kier molecular flexibility index (Phi) is 4.38. The zero-order valence-electron chi connectivity index (χ0n) is 7.83. The van der Waals surface area contributed by atoms with Crippen LogP contribution in [0.5, 0.6) is 0 Å². The maximum absolute atomic E-state index is 11.6. The predicted molar refractivity (Wildman–Crippen MR) is 58.8 cm³/mol. The van der Waals surface area contributed by atoms with E-state index >= 15 is 0 Å². The minimum absolute atomic E-state index is 0.167. The standard InChI is InChI=1S/C9H12ClNO2S/c1-2-13-6-14(12)9-4-3-7(11)5-8(9)10/h3-5H,2,6,11H2,1H3. The molecule has 0 aliphatic carbocycles. The molecule has 0 bridgehead atoms. The molecule has 0 saturated heterocycles. The number of anilines is 1. The summed E-state index contributed by atoms with van der Waals surface area (Å²) in [6, 6.07) is 4.92. The van der Waals surface area contributed by atoms with Crippen LogP contribution in [0.25, 0.3) is 0 Å². The van der Waals surface area contributed by atoms with Gasteiger partial charge in [0, 0.05) is 12.3 Å². The fourth-order valence-electron chi connectivity index (χ4n) is 0.924. The molecule has 14 heavy (non-hydrogen) atoms. The first-order valence-electron chi connectivity index (χ1n) is 4.16. The van der Waals surface area contributed by atoms with Gasteiger partial charge in [-0.1, -0.05) is 11.6 Å². The molecule has 1 atom stereocenters. The van der Waals surface area contributed by atoms with Gasteiger partial charge in [-0.3, -0.25) is 4.21 Å². The Morgan fingerprint density at radius 3 is 2.86 bits per heavy atom. The molecule has 1 rings (SSSR count). The quantitative estimate of drug-likeness (QED) is 0.810. The zero-order chi connectivity index (χ0) is 10.6. The summed E-state index contributed by atoms with van der Waals surface area (Å²) in [5.74, 6) is 0.167. The predicted octanol–water partition coefficient (Wildman–Crippen LogP) is 2.02. The van der Waals surface area contributed by atoms with Gasteiger partial charge in [0.2, 0.25) is 0 Å². The van der Waals surface area contributed by atoms with Crippen LogP contribution in [-0.2, 0) is 15.5 Å². The highest BCUT2D eigenvalue weighted by Crippen LogP contribution is 2.22. The molecule has 1 aromatic carbocycles. The van der Waals surface area contributed by atoms with Gasteiger partial charge in [0.15, 0.2) is 0 Å². The second-order valence-corrected chi connectivity index (χ2v) is 4.42. The summed E-state index contributed by atoms with van der Waals surface area (Å²) in [7, 11) is -1.21. The van der Waals surface area contributed by atoms with Gasteiger partial charge in [0.25, 0.3) is 0 Å². The Hall–Kier alpha value is -0.580. The number of benzene rings is 1. The Morgan fingerprint density at radius 2 is 2.29 bits per heavy atom. The summed E-state index contributed by atoms with van der Waals surface area (Å²) >= 11 is 5.87. The lowest BCUT2D eigenvalue weighted by molar-refractivity contribution is 0.196. The normalized spacial score (nSPS) is 12.7. The third kappa shape index (κ3) is 2.97. The average molecular weight is 234 g/mol. The van der Waals surface area contributed by atoms with Crippen molar-refractivity contribution in [1.29, 1.82) is 0 Å². The number of ether oxygens (including phenoxy) is 1. The van der Waals surface area contributed by atoms with E-state index in [1.165, 1.54) is 0 Å². The third-order valence-corrected chi connectivity index (χ3v) is 3.25. The molecule has 0 radical (unpaired) electrons. The van der Waals surface area contributed by atoms with Crippen molar-refractivity contribution in [2.45, 2.75) is 11.8 Å². The Balaban J connectivity index is 2.80. The first kappa shape index (κ1) is 11.5. The summed E-state index contributed by atoms with van der Waals surface area (Å²) in [5.41, 5.74) is 6.08. The van der Waals surface area contributed by atoms with Crippen LogP contribution in [0.2, 0.25) is 5.02 Å². The van der Waals surface area contributed by atoms with E-state index in [0.717, 1.165) is 0 Å². The summed E-state index contributed by atoms with van der Waals surface area (Å²) in [6.45, 7) is 2.39. The lowest BCUT2D eigenvalue weighted by atomic mass is 10.3. The van der Waals surface area contributed by atoms with E-state index in [4.69, 9.17) is 22.1 Å². The Morgan fingerprint density at radius 1 is 1.57 bits per heavy atom. The highest BCUT2D eigenvalue weighted by molar-refractivity contribution is 7.85. The second kappa shape index (κ2) is 5.34. The number of hydrogen-bond acceptors (Lipinski definition) is 3. The van der Waals surface area contributed by atoms with Gasteiger partial charge in [-0.25, -0.2) is 0 Å². The maximum atomic E-state index is 11.6. The number of nitrogen functional groups attached to an aromatic ring is 1. The van der Waals surface area contributed by atoms with Crippen LogP contribution < -0.4 is 5.73 Å². The summed E-state index contributed by atoms with van der Waals surface area (Å²) < 4.78 is 16.6. The molecule has 0 aromatic heterocycles. The highest BCUT2D eigenvalue weighted by atomic mass is 35.5. The molecule has 0 spiro atoms. The minimum atomic E-state index is -1.21. The maximum Gasteiger partial charge on any atom is 0.126 e. The number of hydrogen-bond donors (Lipinski definition) is 1. The zero-order valence-corrected chi connectivity index (χ0v) is 9.40. The molecule has 1 unspecified atom stereocenters. The molecule has 2 N–H and O–H groups in total. The third-order valence-electron chi connectivity index (χ3n) is 1.60. The molecule has 3 nitrogen and oxygen atoms in total. The number of halogens is 1. The van der Waals surface area contributed by atoms with E-state index in [9.17, 15) is 4.21 Å². The monoisotopic (exact) mass is 233 g/mol. The molecular weight excluding hydrogens is 222 g/mol. The molecule has 0 amide bonds. The average Bonchev–Trinajstić information content (AvgIpc) is 2.14. The lowest BCUT2D eigenvalue weighted by Gasteiger charge is -2.05. The van der Waals surface area contributed by atoms with Gasteiger partial charge in [-0.15, -0.1) is 0 Å². The molecule has 0 aliphatic rings. The fraction of sp³-hybridized carbons (Fsp3) is 0.333. The second-order valence-electron chi connectivity index (χ2n) is 2.65. The molecule has 1 aromatic rings. The largest absolute Gasteiger partial charge is 0.399 e. The van der Waals surface area contributed by atoms with Crippen molar-refractivity contribution in [1.82, 2.24) is 0 Å². The van der Waals surface area contributed by atoms with Crippen LogP contribution in [0.15, 0.2) is 23.1 Å². The van der Waals surface area contributed by atoms with Gasteiger partial charge in [0.05, 0.1) is 20.7 Å². The van der Waals surface area contributed by atoms with E-state index in [-0.39, 0.29) is 5.94 Å². The topological polar surface area (TPSA) is 52.3 Å². The van der Waals surface area contributed by atoms with Crippen LogP contribution in [-0.4, -0.2) is 16.8 Å². The minimum Gasteiger partial charge on any atom is -0.399 e. The highest BCUT2D eigenvalue weighted by Gasteiger charge is 2.08. The van der Waals surface area contributed by atoms with Crippen LogP contribution in [0.4, 0.5) is 5.69 Å². The lowest BCUT2D eigenvalue weighted by Crippen LogP contribution is -2.03. The van der Waals surface area contributed by atoms with Crippen LogP contribution in [0, 0.1) is 0 Å². The van der Waals surface area contributed by atoms with Gasteiger partial charge >= 0.3 is 0 Å². The van der Waals surface area contributed by atoms with Crippen LogP contribution >= 0.6 is 11.6 Å². The van der Waals surface area contributed by atoms with Gasteiger partial charge < -0.3 is 10.5 Å². The van der Waals surface area contributed by atoms with E-state index in [1.807, 2.05) is 6.92 Å². The SMILES string of the molecule is CCOCS(=O)c1ccc(N)cc1Cl. The van der Waals surface area contributed by atoms with Gasteiger partial charge in [0.1, 0.15) is 5.94 Å². The summed E-state index contributed by atoms with van der Waals surface area (Å²) in [6.07, 6.45) is 0.